The van der Waals surface area contributed by atoms with Crippen molar-refractivity contribution in [1.82, 2.24) is 0 Å². The van der Waals surface area contributed by atoms with Gasteiger partial charge in [0, 0.05) is 16.6 Å². The van der Waals surface area contributed by atoms with Gasteiger partial charge in [-0.05, 0) is 13.8 Å². The van der Waals surface area contributed by atoms with Crippen LogP contribution in [0, 0.1) is 0 Å². The lowest BCUT2D eigenvalue weighted by molar-refractivity contribution is 0.220. The fourth-order valence-electron chi connectivity index (χ4n) is 0.496. The molecule has 0 aliphatic rings. The molecule has 0 fully saturated rings. The molecule has 0 radical (unpaired) electrons. The molecule has 0 aromatic heterocycles. The summed E-state index contributed by atoms with van der Waals surface area (Å²) in [5.74, 6) is 1.57. The Labute approximate surface area is 76.8 Å². The van der Waals surface area contributed by atoms with Crippen molar-refractivity contribution < 1.29 is 10.2 Å². The van der Waals surface area contributed by atoms with Crippen molar-refractivity contribution in [3.63, 3.8) is 0 Å². The third kappa shape index (κ3) is 10.6. The minimum absolute atomic E-state index is 0.216. The number of hydrogen-bond donors (Lipinski definition) is 2. The molecule has 2 atom stereocenters. The molecule has 0 saturated heterocycles. The summed E-state index contributed by atoms with van der Waals surface area (Å²) in [5, 5.41) is 18.7. The number of aliphatic hydroxyl groups is 2. The van der Waals surface area contributed by atoms with E-state index >= 15 is 0 Å². The van der Waals surface area contributed by atoms with Crippen molar-refractivity contribution >= 4 is 23.5 Å². The van der Waals surface area contributed by atoms with Gasteiger partial charge in [0.05, 0.1) is 12.2 Å². The SMILES string of the molecule is CC(O)CSCSCC(C)O. The molecular weight excluding hydrogens is 180 g/mol. The van der Waals surface area contributed by atoms with Crippen LogP contribution in [0.1, 0.15) is 13.8 Å². The van der Waals surface area contributed by atoms with E-state index in [1.807, 2.05) is 0 Å². The second-order valence-corrected chi connectivity index (χ2v) is 4.98. The molecule has 0 aromatic carbocycles. The Morgan fingerprint density at radius 1 is 1.00 bits per heavy atom. The lowest BCUT2D eigenvalue weighted by Crippen LogP contribution is -2.05. The topological polar surface area (TPSA) is 40.5 Å². The van der Waals surface area contributed by atoms with E-state index in [4.69, 9.17) is 10.2 Å². The minimum atomic E-state index is -0.216. The number of rotatable bonds is 6. The first-order valence-electron chi connectivity index (χ1n) is 3.64. The van der Waals surface area contributed by atoms with Gasteiger partial charge in [-0.3, -0.25) is 0 Å². The summed E-state index contributed by atoms with van der Waals surface area (Å²) in [6.45, 7) is 3.57. The van der Waals surface area contributed by atoms with Crippen LogP contribution in [0.5, 0.6) is 0 Å². The molecule has 0 bridgehead atoms. The normalized spacial score (nSPS) is 16.4. The maximum Gasteiger partial charge on any atom is 0.0602 e. The van der Waals surface area contributed by atoms with Crippen LogP contribution in [0.25, 0.3) is 0 Å². The lowest BCUT2D eigenvalue weighted by Gasteiger charge is -2.04. The van der Waals surface area contributed by atoms with Crippen molar-refractivity contribution in [3.8, 4) is 0 Å². The Bertz CT molecular complexity index is 76.5. The van der Waals surface area contributed by atoms with Gasteiger partial charge in [0.15, 0.2) is 0 Å². The van der Waals surface area contributed by atoms with Gasteiger partial charge in [-0.15, -0.1) is 23.5 Å². The van der Waals surface area contributed by atoms with E-state index in [9.17, 15) is 0 Å². The molecule has 0 aromatic rings. The molecule has 0 saturated carbocycles. The lowest BCUT2D eigenvalue weighted by atomic mass is 10.5. The maximum atomic E-state index is 8.88. The molecule has 2 N–H and O–H groups in total. The van der Waals surface area contributed by atoms with E-state index < -0.39 is 0 Å². The molecule has 0 amide bonds. The molecule has 0 spiro atoms. The van der Waals surface area contributed by atoms with Gasteiger partial charge in [-0.2, -0.15) is 0 Å². The molecule has 4 heteroatoms. The van der Waals surface area contributed by atoms with Crippen molar-refractivity contribution in [2.24, 2.45) is 0 Å². The molecule has 0 rings (SSSR count). The predicted octanol–water partition coefficient (Wildman–Crippen LogP) is 1.17. The highest BCUT2D eigenvalue weighted by Gasteiger charge is 1.97. The van der Waals surface area contributed by atoms with Gasteiger partial charge in [0.1, 0.15) is 0 Å². The quantitative estimate of drug-likeness (QED) is 0.494. The summed E-state index contributed by atoms with van der Waals surface area (Å²) >= 11 is 3.41. The molecule has 68 valence electrons. The van der Waals surface area contributed by atoms with E-state index in [0.717, 1.165) is 16.6 Å². The fourth-order valence-corrected chi connectivity index (χ4v) is 2.42. The highest BCUT2D eigenvalue weighted by Crippen LogP contribution is 2.13. The standard InChI is InChI=1S/C7H16O2S2/c1-6(8)3-10-5-11-4-7(2)9/h6-9H,3-5H2,1-2H3. The maximum absolute atomic E-state index is 8.88. The highest BCUT2D eigenvalue weighted by molar-refractivity contribution is 8.16. The van der Waals surface area contributed by atoms with E-state index in [1.165, 1.54) is 0 Å². The van der Waals surface area contributed by atoms with Crippen molar-refractivity contribution in [2.75, 3.05) is 16.6 Å². The van der Waals surface area contributed by atoms with Crippen LogP contribution >= 0.6 is 23.5 Å². The molecule has 2 unspecified atom stereocenters. The Kier molecular flexibility index (Phi) is 7.69. The summed E-state index contributed by atoms with van der Waals surface area (Å²) in [4.78, 5) is 0. The van der Waals surface area contributed by atoms with Gasteiger partial charge in [-0.1, -0.05) is 0 Å². The molecular formula is C7H16O2S2. The third-order valence-corrected chi connectivity index (χ3v) is 3.65. The van der Waals surface area contributed by atoms with Gasteiger partial charge < -0.3 is 10.2 Å². The second-order valence-electron chi connectivity index (χ2n) is 2.56. The molecule has 0 aliphatic heterocycles. The van der Waals surface area contributed by atoms with Crippen LogP contribution in [0.15, 0.2) is 0 Å². The molecule has 0 aliphatic carbocycles. The average molecular weight is 196 g/mol. The van der Waals surface area contributed by atoms with Crippen LogP contribution in [0.2, 0.25) is 0 Å². The summed E-state index contributed by atoms with van der Waals surface area (Å²) in [6.07, 6.45) is -0.431. The van der Waals surface area contributed by atoms with Crippen LogP contribution < -0.4 is 0 Å². The van der Waals surface area contributed by atoms with Crippen molar-refractivity contribution in [2.45, 2.75) is 26.1 Å². The zero-order valence-corrected chi connectivity index (χ0v) is 8.62. The Balaban J connectivity index is 2.91. The van der Waals surface area contributed by atoms with E-state index in [0.29, 0.717) is 0 Å². The van der Waals surface area contributed by atoms with E-state index in [1.54, 1.807) is 37.4 Å². The monoisotopic (exact) mass is 196 g/mol. The highest BCUT2D eigenvalue weighted by atomic mass is 32.2. The van der Waals surface area contributed by atoms with E-state index in [2.05, 4.69) is 0 Å². The van der Waals surface area contributed by atoms with Crippen molar-refractivity contribution in [1.29, 1.82) is 0 Å². The first-order chi connectivity index (χ1) is 5.13. The number of aliphatic hydroxyl groups excluding tert-OH is 2. The smallest absolute Gasteiger partial charge is 0.0602 e. The minimum Gasteiger partial charge on any atom is -0.393 e. The summed E-state index contributed by atoms with van der Waals surface area (Å²) < 4.78 is 0. The Morgan fingerprint density at radius 3 is 1.64 bits per heavy atom. The molecule has 0 heterocycles. The Morgan fingerprint density at radius 2 is 1.36 bits per heavy atom. The van der Waals surface area contributed by atoms with Gasteiger partial charge in [0.2, 0.25) is 0 Å². The predicted molar refractivity (Wildman–Crippen MR) is 53.1 cm³/mol. The second kappa shape index (κ2) is 7.28. The van der Waals surface area contributed by atoms with Crippen LogP contribution in [-0.2, 0) is 0 Å². The van der Waals surface area contributed by atoms with Crippen LogP contribution in [0.3, 0.4) is 0 Å². The third-order valence-electron chi connectivity index (χ3n) is 0.885. The zero-order valence-electron chi connectivity index (χ0n) is 6.99. The number of thioether (sulfide) groups is 2. The fraction of sp³-hybridized carbons (Fsp3) is 1.00. The first-order valence-corrected chi connectivity index (χ1v) is 5.95. The zero-order chi connectivity index (χ0) is 8.69. The largest absolute Gasteiger partial charge is 0.393 e. The summed E-state index contributed by atoms with van der Waals surface area (Å²) in [5.41, 5.74) is 0. The van der Waals surface area contributed by atoms with Gasteiger partial charge >= 0.3 is 0 Å². The van der Waals surface area contributed by atoms with Crippen LogP contribution in [0.4, 0.5) is 0 Å². The number of hydrogen-bond acceptors (Lipinski definition) is 4. The first kappa shape index (κ1) is 11.6. The summed E-state index contributed by atoms with van der Waals surface area (Å²) in [7, 11) is 0. The van der Waals surface area contributed by atoms with Crippen LogP contribution in [-0.4, -0.2) is 39.0 Å². The average Bonchev–Trinajstić information content (AvgIpc) is 1.85. The van der Waals surface area contributed by atoms with E-state index in [-0.39, 0.29) is 12.2 Å². The van der Waals surface area contributed by atoms with Crippen molar-refractivity contribution in [3.05, 3.63) is 0 Å². The summed E-state index contributed by atoms with van der Waals surface area (Å²) in [6, 6.07) is 0. The Hall–Kier alpha value is 0.620. The van der Waals surface area contributed by atoms with Gasteiger partial charge in [-0.25, -0.2) is 0 Å². The van der Waals surface area contributed by atoms with Gasteiger partial charge in [0.25, 0.3) is 0 Å². The molecule has 2 nitrogen and oxygen atoms in total. The molecule has 11 heavy (non-hydrogen) atoms.